The third-order valence-electron chi connectivity index (χ3n) is 3.58. The third kappa shape index (κ3) is 5.20. The van der Waals surface area contributed by atoms with Crippen LogP contribution in [0.1, 0.15) is 17.8 Å². The quantitative estimate of drug-likeness (QED) is 0.231. The maximum absolute atomic E-state index is 4.59. The number of H-pyrrole nitrogens is 1. The normalized spacial score (nSPS) is 11.3. The van der Waals surface area contributed by atoms with E-state index >= 15 is 0 Å². The lowest BCUT2D eigenvalue weighted by molar-refractivity contribution is 0.726. The lowest BCUT2D eigenvalue weighted by Gasteiger charge is -2.10. The standard InChI is InChI=1S/C17H21N5S.HI/c1-18-17(20-11-13-8-10-23-12-13)19-9-4-7-16-21-14-5-2-3-6-15(14)22-16;/h2-3,5-6,8,10,12H,4,7,9,11H2,1H3,(H,21,22)(H2,18,19,20);1H. The molecule has 2 aromatic heterocycles. The van der Waals surface area contributed by atoms with E-state index < -0.39 is 0 Å². The third-order valence-corrected chi connectivity index (χ3v) is 4.32. The molecule has 3 aromatic rings. The average molecular weight is 455 g/mol. The Morgan fingerprint density at radius 2 is 2.12 bits per heavy atom. The highest BCUT2D eigenvalue weighted by atomic mass is 127. The first-order valence-electron chi connectivity index (χ1n) is 7.74. The molecule has 0 aliphatic heterocycles. The van der Waals surface area contributed by atoms with E-state index in [4.69, 9.17) is 0 Å². The number of nitrogens with zero attached hydrogens (tertiary/aromatic N) is 2. The average Bonchev–Trinajstić information content (AvgIpc) is 3.23. The van der Waals surface area contributed by atoms with Crippen LogP contribution in [0.4, 0.5) is 0 Å². The summed E-state index contributed by atoms with van der Waals surface area (Å²) in [4.78, 5) is 12.2. The summed E-state index contributed by atoms with van der Waals surface area (Å²) in [6.07, 6.45) is 1.92. The Kier molecular flexibility index (Phi) is 7.51. The summed E-state index contributed by atoms with van der Waals surface area (Å²) in [7, 11) is 1.79. The van der Waals surface area contributed by atoms with Crippen LogP contribution in [0.25, 0.3) is 11.0 Å². The molecule has 0 saturated carbocycles. The molecular weight excluding hydrogens is 433 g/mol. The molecule has 128 valence electrons. The molecule has 2 heterocycles. The molecular formula is C17H22IN5S. The number of hydrogen-bond donors (Lipinski definition) is 3. The number of benzene rings is 1. The first-order valence-corrected chi connectivity index (χ1v) is 8.68. The van der Waals surface area contributed by atoms with Crippen molar-refractivity contribution in [2.24, 2.45) is 4.99 Å². The van der Waals surface area contributed by atoms with E-state index in [1.807, 2.05) is 18.2 Å². The molecule has 0 amide bonds. The zero-order chi connectivity index (χ0) is 15.9. The van der Waals surface area contributed by atoms with Crippen molar-refractivity contribution in [3.8, 4) is 0 Å². The molecule has 0 aliphatic rings. The molecule has 7 heteroatoms. The van der Waals surface area contributed by atoms with Gasteiger partial charge in [-0.3, -0.25) is 4.99 Å². The number of aromatic amines is 1. The van der Waals surface area contributed by atoms with E-state index in [0.29, 0.717) is 0 Å². The number of nitrogens with one attached hydrogen (secondary N) is 3. The predicted octanol–water partition coefficient (Wildman–Crippen LogP) is 3.54. The Bertz CT molecular complexity index is 733. The summed E-state index contributed by atoms with van der Waals surface area (Å²) in [5.41, 5.74) is 3.41. The van der Waals surface area contributed by atoms with Gasteiger partial charge in [0.1, 0.15) is 5.82 Å². The summed E-state index contributed by atoms with van der Waals surface area (Å²) in [6, 6.07) is 10.2. The summed E-state index contributed by atoms with van der Waals surface area (Å²) >= 11 is 1.71. The van der Waals surface area contributed by atoms with Crippen molar-refractivity contribution >= 4 is 52.3 Å². The van der Waals surface area contributed by atoms with Crippen LogP contribution in [0.3, 0.4) is 0 Å². The summed E-state index contributed by atoms with van der Waals surface area (Å²) < 4.78 is 0. The number of aryl methyl sites for hydroxylation is 1. The first-order chi connectivity index (χ1) is 11.3. The van der Waals surface area contributed by atoms with Gasteiger partial charge in [0.25, 0.3) is 0 Å². The highest BCUT2D eigenvalue weighted by Gasteiger charge is 2.02. The lowest BCUT2D eigenvalue weighted by Crippen LogP contribution is -2.37. The first kappa shape index (κ1) is 18.7. The molecule has 3 N–H and O–H groups in total. The van der Waals surface area contributed by atoms with Gasteiger partial charge in [-0.1, -0.05) is 12.1 Å². The van der Waals surface area contributed by atoms with Crippen LogP contribution >= 0.6 is 35.3 Å². The van der Waals surface area contributed by atoms with Gasteiger partial charge in [-0.15, -0.1) is 24.0 Å². The van der Waals surface area contributed by atoms with Crippen molar-refractivity contribution in [2.75, 3.05) is 13.6 Å². The molecule has 0 bridgehead atoms. The van der Waals surface area contributed by atoms with Crippen LogP contribution < -0.4 is 10.6 Å². The van der Waals surface area contributed by atoms with E-state index in [1.165, 1.54) is 5.56 Å². The molecule has 0 atom stereocenters. The molecule has 0 unspecified atom stereocenters. The number of guanidine groups is 1. The van der Waals surface area contributed by atoms with E-state index in [1.54, 1.807) is 18.4 Å². The minimum atomic E-state index is 0. The fourth-order valence-electron chi connectivity index (χ4n) is 2.39. The minimum Gasteiger partial charge on any atom is -0.356 e. The van der Waals surface area contributed by atoms with Gasteiger partial charge in [-0.25, -0.2) is 4.98 Å². The fourth-order valence-corrected chi connectivity index (χ4v) is 3.05. The zero-order valence-corrected chi connectivity index (χ0v) is 16.7. The Morgan fingerprint density at radius 1 is 1.25 bits per heavy atom. The number of thiophene rings is 1. The number of rotatable bonds is 6. The van der Waals surface area contributed by atoms with Crippen molar-refractivity contribution in [2.45, 2.75) is 19.4 Å². The van der Waals surface area contributed by atoms with Crippen molar-refractivity contribution in [3.63, 3.8) is 0 Å². The topological polar surface area (TPSA) is 65.1 Å². The molecule has 0 spiro atoms. The van der Waals surface area contributed by atoms with Crippen LogP contribution in [0, 0.1) is 0 Å². The van der Waals surface area contributed by atoms with Gasteiger partial charge >= 0.3 is 0 Å². The van der Waals surface area contributed by atoms with Crippen LogP contribution in [0.15, 0.2) is 46.1 Å². The fraction of sp³-hybridized carbons (Fsp3) is 0.294. The Morgan fingerprint density at radius 3 is 2.88 bits per heavy atom. The predicted molar refractivity (Wildman–Crippen MR) is 112 cm³/mol. The monoisotopic (exact) mass is 455 g/mol. The number of hydrogen-bond acceptors (Lipinski definition) is 3. The SMILES string of the molecule is CN=C(NCCCc1nc2ccccc2[nH]1)NCc1ccsc1.I. The Balaban J connectivity index is 0.00000208. The molecule has 0 saturated heterocycles. The van der Waals surface area contributed by atoms with Gasteiger partial charge in [-0.2, -0.15) is 11.3 Å². The highest BCUT2D eigenvalue weighted by molar-refractivity contribution is 14.0. The number of fused-ring (bicyclic) bond motifs is 1. The maximum Gasteiger partial charge on any atom is 0.191 e. The minimum absolute atomic E-state index is 0. The number of imidazole rings is 1. The summed E-state index contributed by atoms with van der Waals surface area (Å²) in [6.45, 7) is 1.66. The Labute approximate surface area is 163 Å². The summed E-state index contributed by atoms with van der Waals surface area (Å²) in [5, 5.41) is 10.9. The van der Waals surface area contributed by atoms with E-state index in [9.17, 15) is 0 Å². The smallest absolute Gasteiger partial charge is 0.191 e. The van der Waals surface area contributed by atoms with Crippen molar-refractivity contribution in [3.05, 3.63) is 52.5 Å². The Hall–Kier alpha value is -1.61. The second-order valence-corrected chi connectivity index (χ2v) is 6.07. The van der Waals surface area contributed by atoms with E-state index in [-0.39, 0.29) is 24.0 Å². The van der Waals surface area contributed by atoms with Crippen LogP contribution in [-0.4, -0.2) is 29.5 Å². The van der Waals surface area contributed by atoms with Gasteiger partial charge in [0, 0.05) is 26.6 Å². The van der Waals surface area contributed by atoms with Crippen molar-refractivity contribution in [1.82, 2.24) is 20.6 Å². The van der Waals surface area contributed by atoms with Crippen molar-refractivity contribution in [1.29, 1.82) is 0 Å². The maximum atomic E-state index is 4.59. The van der Waals surface area contributed by atoms with Gasteiger partial charge in [0.05, 0.1) is 11.0 Å². The number of aromatic nitrogens is 2. The van der Waals surface area contributed by atoms with Gasteiger partial charge in [0.15, 0.2) is 5.96 Å². The molecule has 0 fully saturated rings. The lowest BCUT2D eigenvalue weighted by atomic mass is 10.3. The summed E-state index contributed by atoms with van der Waals surface area (Å²) in [5.74, 6) is 1.87. The number of halogens is 1. The molecule has 0 radical (unpaired) electrons. The van der Waals surface area contributed by atoms with Crippen LogP contribution in [0.2, 0.25) is 0 Å². The molecule has 1 aromatic carbocycles. The van der Waals surface area contributed by atoms with Crippen LogP contribution in [-0.2, 0) is 13.0 Å². The largest absolute Gasteiger partial charge is 0.356 e. The highest BCUT2D eigenvalue weighted by Crippen LogP contribution is 2.11. The van der Waals surface area contributed by atoms with Gasteiger partial charge < -0.3 is 15.6 Å². The molecule has 0 aliphatic carbocycles. The number of aliphatic imine (C=N–C) groups is 1. The number of para-hydroxylation sites is 2. The van der Waals surface area contributed by atoms with E-state index in [2.05, 4.69) is 48.5 Å². The zero-order valence-electron chi connectivity index (χ0n) is 13.6. The van der Waals surface area contributed by atoms with Crippen molar-refractivity contribution < 1.29 is 0 Å². The van der Waals surface area contributed by atoms with E-state index in [0.717, 1.165) is 48.7 Å². The second-order valence-electron chi connectivity index (χ2n) is 5.29. The van der Waals surface area contributed by atoms with Crippen LogP contribution in [0.5, 0.6) is 0 Å². The molecule has 24 heavy (non-hydrogen) atoms. The molecule has 5 nitrogen and oxygen atoms in total. The van der Waals surface area contributed by atoms with Gasteiger partial charge in [0.2, 0.25) is 0 Å². The molecule has 3 rings (SSSR count). The van der Waals surface area contributed by atoms with Gasteiger partial charge in [-0.05, 0) is 40.9 Å². The second kappa shape index (κ2) is 9.63.